The van der Waals surface area contributed by atoms with Crippen LogP contribution in [0.2, 0.25) is 0 Å². The van der Waals surface area contributed by atoms with Crippen LogP contribution in [0.25, 0.3) is 0 Å². The van der Waals surface area contributed by atoms with Crippen LogP contribution in [0.5, 0.6) is 0 Å². The Labute approximate surface area is 85.5 Å². The minimum absolute atomic E-state index is 0.847. The van der Waals surface area contributed by atoms with E-state index in [4.69, 9.17) is 0 Å². The maximum Gasteiger partial charge on any atom is 0.0117 e. The Hall–Kier alpha value is 1.46. The highest BCUT2D eigenvalue weighted by Gasteiger charge is 2.10. The van der Waals surface area contributed by atoms with Crippen molar-refractivity contribution in [3.63, 3.8) is 0 Å². The van der Waals surface area contributed by atoms with Gasteiger partial charge in [-0.15, -0.1) is 0 Å². The van der Waals surface area contributed by atoms with Crippen LogP contribution in [-0.2, 0) is 0 Å². The first-order chi connectivity index (χ1) is 4.22. The van der Waals surface area contributed by atoms with Crippen LogP contribution in [0.3, 0.4) is 0 Å². The molecule has 9 heavy (non-hydrogen) atoms. The summed E-state index contributed by atoms with van der Waals surface area (Å²) in [5.74, 6) is 0.941. The summed E-state index contributed by atoms with van der Waals surface area (Å²) >= 11 is 5.01. The molecule has 0 bridgehead atoms. The lowest BCUT2D eigenvalue weighted by molar-refractivity contribution is 0.548. The van der Waals surface area contributed by atoms with E-state index in [9.17, 15) is 0 Å². The number of halogens is 2. The van der Waals surface area contributed by atoms with Crippen LogP contribution < -0.4 is 0 Å². The molecule has 0 saturated heterocycles. The molecule has 0 nitrogen and oxygen atoms in total. The first-order valence-electron chi connectivity index (χ1n) is 3.42. The van der Waals surface area contributed by atoms with Crippen molar-refractivity contribution in [3.05, 3.63) is 0 Å². The van der Waals surface area contributed by atoms with E-state index in [1.807, 2.05) is 0 Å². The predicted molar refractivity (Wildman–Crippen MR) is 60.8 cm³/mol. The van der Waals surface area contributed by atoms with Crippen molar-refractivity contribution in [1.29, 1.82) is 0 Å². The Bertz CT molecular complexity index is 61.9. The van der Waals surface area contributed by atoms with Crippen LogP contribution >= 0.6 is 45.2 Å². The minimum Gasteiger partial charge on any atom is -0.0860 e. The zero-order chi connectivity index (χ0) is 7.28. The molecule has 0 aliphatic carbocycles. The molecular weight excluding hydrogens is 338 g/mol. The van der Waals surface area contributed by atoms with Gasteiger partial charge in [0.25, 0.3) is 0 Å². The molecule has 0 aliphatic heterocycles. The summed E-state index contributed by atoms with van der Waals surface area (Å²) in [7, 11) is 0. The van der Waals surface area contributed by atoms with E-state index < -0.39 is 0 Å². The molecule has 0 amide bonds. The summed E-state index contributed by atoms with van der Waals surface area (Å²) in [6.45, 7) is 4.57. The highest BCUT2D eigenvalue weighted by molar-refractivity contribution is 14.1. The standard InChI is InChI=1S/C7H14I2/c1-3-4-7(5-8)6(2)9/h6-7H,3-5H2,1-2H3. The van der Waals surface area contributed by atoms with Crippen molar-refractivity contribution in [2.24, 2.45) is 5.92 Å². The number of hydrogen-bond acceptors (Lipinski definition) is 0. The van der Waals surface area contributed by atoms with Gasteiger partial charge in [-0.2, -0.15) is 0 Å². The Morgan fingerprint density at radius 3 is 2.11 bits per heavy atom. The van der Waals surface area contributed by atoms with Gasteiger partial charge in [0, 0.05) is 8.35 Å². The normalized spacial score (nSPS) is 17.3. The Morgan fingerprint density at radius 1 is 1.44 bits per heavy atom. The summed E-state index contributed by atoms with van der Waals surface area (Å²) < 4.78 is 2.16. The Balaban J connectivity index is 3.41. The summed E-state index contributed by atoms with van der Waals surface area (Å²) in [6.07, 6.45) is 2.73. The molecule has 0 aromatic carbocycles. The van der Waals surface area contributed by atoms with Gasteiger partial charge >= 0.3 is 0 Å². The molecule has 0 aromatic rings. The lowest BCUT2D eigenvalue weighted by atomic mass is 10.0. The molecule has 0 aliphatic rings. The molecular formula is C7H14I2. The first-order valence-corrected chi connectivity index (χ1v) is 6.19. The van der Waals surface area contributed by atoms with Gasteiger partial charge in [-0.3, -0.25) is 0 Å². The molecule has 0 fully saturated rings. The van der Waals surface area contributed by atoms with Gasteiger partial charge in [0.05, 0.1) is 0 Å². The summed E-state index contributed by atoms with van der Waals surface area (Å²) in [5, 5.41) is 0. The van der Waals surface area contributed by atoms with Crippen molar-refractivity contribution >= 4 is 45.2 Å². The molecule has 0 aromatic heterocycles. The Kier molecular flexibility index (Phi) is 7.19. The van der Waals surface area contributed by atoms with Crippen molar-refractivity contribution in [1.82, 2.24) is 0 Å². The number of rotatable bonds is 4. The van der Waals surface area contributed by atoms with Crippen LogP contribution in [0.15, 0.2) is 0 Å². The highest BCUT2D eigenvalue weighted by atomic mass is 127. The summed E-state index contributed by atoms with van der Waals surface area (Å²) in [4.78, 5) is 0. The van der Waals surface area contributed by atoms with Crippen molar-refractivity contribution < 1.29 is 0 Å². The third-order valence-electron chi connectivity index (χ3n) is 1.51. The van der Waals surface area contributed by atoms with Gasteiger partial charge in [-0.1, -0.05) is 65.5 Å². The number of alkyl halides is 2. The fraction of sp³-hybridized carbons (Fsp3) is 1.00. The Morgan fingerprint density at radius 2 is 2.00 bits per heavy atom. The molecule has 56 valence electrons. The van der Waals surface area contributed by atoms with Crippen LogP contribution in [0, 0.1) is 5.92 Å². The lowest BCUT2D eigenvalue weighted by Gasteiger charge is -2.14. The largest absolute Gasteiger partial charge is 0.0860 e. The maximum atomic E-state index is 2.52. The lowest BCUT2D eigenvalue weighted by Crippen LogP contribution is -2.11. The highest BCUT2D eigenvalue weighted by Crippen LogP contribution is 2.20. The smallest absolute Gasteiger partial charge is 0.0117 e. The molecule has 2 unspecified atom stereocenters. The van der Waals surface area contributed by atoms with Gasteiger partial charge in [0.2, 0.25) is 0 Å². The molecule has 0 N–H and O–H groups in total. The van der Waals surface area contributed by atoms with Crippen molar-refractivity contribution in [2.75, 3.05) is 4.43 Å². The average Bonchev–Trinajstić information content (AvgIpc) is 1.82. The van der Waals surface area contributed by atoms with Gasteiger partial charge in [0.1, 0.15) is 0 Å². The third-order valence-corrected chi connectivity index (χ3v) is 3.66. The predicted octanol–water partition coefficient (Wildman–Crippen LogP) is 3.66. The maximum absolute atomic E-state index is 2.52. The number of hydrogen-bond donors (Lipinski definition) is 0. The van der Waals surface area contributed by atoms with Gasteiger partial charge in [0.15, 0.2) is 0 Å². The van der Waals surface area contributed by atoms with E-state index in [2.05, 4.69) is 59.0 Å². The molecule has 0 rings (SSSR count). The van der Waals surface area contributed by atoms with E-state index >= 15 is 0 Å². The zero-order valence-electron chi connectivity index (χ0n) is 6.03. The van der Waals surface area contributed by atoms with Crippen molar-refractivity contribution in [2.45, 2.75) is 30.6 Å². The molecule has 0 heterocycles. The third kappa shape index (κ3) is 4.81. The van der Waals surface area contributed by atoms with Gasteiger partial charge < -0.3 is 0 Å². The van der Waals surface area contributed by atoms with E-state index in [-0.39, 0.29) is 0 Å². The second-order valence-corrected chi connectivity index (χ2v) is 5.23. The quantitative estimate of drug-likeness (QED) is 0.535. The van der Waals surface area contributed by atoms with Crippen LogP contribution in [0.1, 0.15) is 26.7 Å². The first kappa shape index (κ1) is 10.5. The second-order valence-electron chi connectivity index (χ2n) is 2.38. The molecule has 2 atom stereocenters. The SMILES string of the molecule is CCCC(CI)C(C)I. The van der Waals surface area contributed by atoms with Gasteiger partial charge in [-0.25, -0.2) is 0 Å². The molecule has 2 heteroatoms. The topological polar surface area (TPSA) is 0 Å². The van der Waals surface area contributed by atoms with Gasteiger partial charge in [-0.05, 0) is 12.3 Å². The molecule has 0 saturated carbocycles. The van der Waals surface area contributed by atoms with E-state index in [0.29, 0.717) is 0 Å². The average molecular weight is 352 g/mol. The monoisotopic (exact) mass is 352 g/mol. The van der Waals surface area contributed by atoms with E-state index in [1.165, 1.54) is 17.3 Å². The fourth-order valence-corrected chi connectivity index (χ4v) is 3.59. The molecule has 0 spiro atoms. The second kappa shape index (κ2) is 6.19. The summed E-state index contributed by atoms with van der Waals surface area (Å²) in [5.41, 5.74) is 0. The van der Waals surface area contributed by atoms with E-state index in [1.54, 1.807) is 0 Å². The zero-order valence-corrected chi connectivity index (χ0v) is 10.3. The summed E-state index contributed by atoms with van der Waals surface area (Å²) in [6, 6.07) is 0. The molecule has 0 radical (unpaired) electrons. The van der Waals surface area contributed by atoms with Crippen LogP contribution in [-0.4, -0.2) is 8.35 Å². The minimum atomic E-state index is 0.847. The van der Waals surface area contributed by atoms with Crippen molar-refractivity contribution in [3.8, 4) is 0 Å². The fourth-order valence-electron chi connectivity index (χ4n) is 0.800. The van der Waals surface area contributed by atoms with E-state index in [0.717, 1.165) is 9.84 Å². The van der Waals surface area contributed by atoms with Crippen LogP contribution in [0.4, 0.5) is 0 Å².